The lowest BCUT2D eigenvalue weighted by molar-refractivity contribution is -0.106. The molecule has 3 unspecified atom stereocenters. The molecular formula is C15H29N3O2. The van der Waals surface area contributed by atoms with Gasteiger partial charge in [0.25, 0.3) is 0 Å². The van der Waals surface area contributed by atoms with E-state index in [2.05, 4.69) is 36.4 Å². The number of hydrogen-bond donors (Lipinski definition) is 2. The fourth-order valence-corrected chi connectivity index (χ4v) is 3.48. The summed E-state index contributed by atoms with van der Waals surface area (Å²) in [4.78, 5) is 4.63. The van der Waals surface area contributed by atoms with Crippen LogP contribution in [0.4, 0.5) is 0 Å². The molecule has 1 aliphatic heterocycles. The van der Waals surface area contributed by atoms with Crippen molar-refractivity contribution >= 4 is 5.96 Å². The molecule has 0 radical (unpaired) electrons. The molecule has 0 aromatic heterocycles. The van der Waals surface area contributed by atoms with Crippen LogP contribution in [0.3, 0.4) is 0 Å². The zero-order valence-electron chi connectivity index (χ0n) is 13.2. The SMILES string of the molecule is CCNC(=NCCCOC)NC1C2CCOC2C1(C)C. The average Bonchev–Trinajstić information content (AvgIpc) is 2.87. The minimum atomic E-state index is 0.184. The van der Waals surface area contributed by atoms with Gasteiger partial charge >= 0.3 is 0 Å². The van der Waals surface area contributed by atoms with Gasteiger partial charge in [-0.15, -0.1) is 0 Å². The minimum absolute atomic E-state index is 0.184. The summed E-state index contributed by atoms with van der Waals surface area (Å²) in [6.07, 6.45) is 2.53. The highest BCUT2D eigenvalue weighted by atomic mass is 16.5. The summed E-state index contributed by atoms with van der Waals surface area (Å²) < 4.78 is 10.9. The molecule has 1 aliphatic carbocycles. The van der Waals surface area contributed by atoms with Crippen molar-refractivity contribution in [3.63, 3.8) is 0 Å². The number of nitrogens with zero attached hydrogens (tertiary/aromatic N) is 1. The zero-order chi connectivity index (χ0) is 14.6. The molecule has 0 bridgehead atoms. The number of aliphatic imine (C=N–C) groups is 1. The van der Waals surface area contributed by atoms with Crippen molar-refractivity contribution in [3.05, 3.63) is 0 Å². The highest BCUT2D eigenvalue weighted by Gasteiger charge is 2.59. The van der Waals surface area contributed by atoms with E-state index >= 15 is 0 Å². The first kappa shape index (κ1) is 15.6. The first-order valence-electron chi connectivity index (χ1n) is 7.76. The summed E-state index contributed by atoms with van der Waals surface area (Å²) in [6.45, 7) is 10.0. The smallest absolute Gasteiger partial charge is 0.191 e. The second-order valence-electron chi connectivity index (χ2n) is 6.29. The highest BCUT2D eigenvalue weighted by Crippen LogP contribution is 2.51. The van der Waals surface area contributed by atoms with Gasteiger partial charge in [-0.3, -0.25) is 4.99 Å². The maximum Gasteiger partial charge on any atom is 0.191 e. The Morgan fingerprint density at radius 3 is 2.95 bits per heavy atom. The predicted octanol–water partition coefficient (Wildman–Crippen LogP) is 1.39. The Morgan fingerprint density at radius 2 is 2.25 bits per heavy atom. The Kier molecular flexibility index (Phi) is 5.27. The summed E-state index contributed by atoms with van der Waals surface area (Å²) in [5.41, 5.74) is 0.184. The lowest BCUT2D eigenvalue weighted by atomic mass is 9.57. The molecule has 1 heterocycles. The molecule has 0 spiro atoms. The zero-order valence-corrected chi connectivity index (χ0v) is 13.2. The van der Waals surface area contributed by atoms with E-state index in [1.165, 1.54) is 0 Å². The van der Waals surface area contributed by atoms with Crippen molar-refractivity contribution in [3.8, 4) is 0 Å². The molecule has 2 fully saturated rings. The monoisotopic (exact) mass is 283 g/mol. The lowest BCUT2D eigenvalue weighted by Crippen LogP contribution is -2.67. The first-order chi connectivity index (χ1) is 9.61. The first-order valence-corrected chi connectivity index (χ1v) is 7.76. The third kappa shape index (κ3) is 3.09. The molecule has 0 aromatic rings. The summed E-state index contributed by atoms with van der Waals surface area (Å²) in [5, 5.41) is 6.94. The standard InChI is InChI=1S/C15H29N3O2/c1-5-16-14(17-8-6-9-19-4)18-12-11-7-10-20-13(11)15(12,2)3/h11-13H,5-10H2,1-4H3,(H2,16,17,18). The van der Waals surface area contributed by atoms with Crippen LogP contribution < -0.4 is 10.6 Å². The molecule has 20 heavy (non-hydrogen) atoms. The molecular weight excluding hydrogens is 254 g/mol. The second kappa shape index (κ2) is 6.76. The van der Waals surface area contributed by atoms with Gasteiger partial charge in [-0.2, -0.15) is 0 Å². The molecule has 0 aromatic carbocycles. The largest absolute Gasteiger partial charge is 0.385 e. The van der Waals surface area contributed by atoms with E-state index in [4.69, 9.17) is 9.47 Å². The molecule has 2 N–H and O–H groups in total. The van der Waals surface area contributed by atoms with Crippen LogP contribution >= 0.6 is 0 Å². The third-order valence-electron chi connectivity index (χ3n) is 4.51. The van der Waals surface area contributed by atoms with E-state index in [0.717, 1.165) is 45.1 Å². The van der Waals surface area contributed by atoms with Crippen molar-refractivity contribution < 1.29 is 9.47 Å². The quantitative estimate of drug-likeness (QED) is 0.439. The molecule has 0 amide bonds. The van der Waals surface area contributed by atoms with E-state index in [1.54, 1.807) is 7.11 Å². The Labute approximate surface area is 122 Å². The van der Waals surface area contributed by atoms with Crippen LogP contribution in [0.25, 0.3) is 0 Å². The molecule has 3 atom stereocenters. The van der Waals surface area contributed by atoms with Crippen LogP contribution in [0.15, 0.2) is 4.99 Å². The van der Waals surface area contributed by atoms with Gasteiger partial charge in [0, 0.05) is 50.8 Å². The van der Waals surface area contributed by atoms with Gasteiger partial charge < -0.3 is 20.1 Å². The Morgan fingerprint density at radius 1 is 1.45 bits per heavy atom. The summed E-state index contributed by atoms with van der Waals surface area (Å²) in [7, 11) is 1.73. The summed E-state index contributed by atoms with van der Waals surface area (Å²) >= 11 is 0. The van der Waals surface area contributed by atoms with E-state index in [-0.39, 0.29) is 5.41 Å². The normalized spacial score (nSPS) is 31.6. The van der Waals surface area contributed by atoms with Crippen LogP contribution in [0.2, 0.25) is 0 Å². The van der Waals surface area contributed by atoms with Crippen molar-refractivity contribution in [1.29, 1.82) is 0 Å². The van der Waals surface area contributed by atoms with Crippen molar-refractivity contribution in [1.82, 2.24) is 10.6 Å². The van der Waals surface area contributed by atoms with Gasteiger partial charge in [0.05, 0.1) is 6.10 Å². The van der Waals surface area contributed by atoms with Crippen molar-refractivity contribution in [2.45, 2.75) is 45.8 Å². The fraction of sp³-hybridized carbons (Fsp3) is 0.933. The highest BCUT2D eigenvalue weighted by molar-refractivity contribution is 5.80. The molecule has 1 saturated heterocycles. The second-order valence-corrected chi connectivity index (χ2v) is 6.29. The topological polar surface area (TPSA) is 54.9 Å². The summed E-state index contributed by atoms with van der Waals surface area (Å²) in [6, 6.07) is 0.454. The summed E-state index contributed by atoms with van der Waals surface area (Å²) in [5.74, 6) is 1.56. The van der Waals surface area contributed by atoms with Gasteiger partial charge in [-0.1, -0.05) is 13.8 Å². The van der Waals surface area contributed by atoms with Crippen LogP contribution in [0.5, 0.6) is 0 Å². The van der Waals surface area contributed by atoms with Gasteiger partial charge in [0.15, 0.2) is 5.96 Å². The molecule has 5 nitrogen and oxygen atoms in total. The maximum atomic E-state index is 5.84. The predicted molar refractivity (Wildman–Crippen MR) is 81.0 cm³/mol. The van der Waals surface area contributed by atoms with Crippen LogP contribution in [0.1, 0.15) is 33.6 Å². The Hall–Kier alpha value is -0.810. The number of ether oxygens (including phenoxy) is 2. The average molecular weight is 283 g/mol. The van der Waals surface area contributed by atoms with Gasteiger partial charge in [0.2, 0.25) is 0 Å². The number of guanidine groups is 1. The third-order valence-corrected chi connectivity index (χ3v) is 4.51. The van der Waals surface area contributed by atoms with Gasteiger partial charge in [-0.25, -0.2) is 0 Å². The maximum absolute atomic E-state index is 5.84. The van der Waals surface area contributed by atoms with Crippen LogP contribution in [-0.4, -0.2) is 51.5 Å². The molecule has 5 heteroatoms. The van der Waals surface area contributed by atoms with Gasteiger partial charge in [-0.05, 0) is 19.8 Å². The fourth-order valence-electron chi connectivity index (χ4n) is 3.48. The number of rotatable bonds is 6. The van der Waals surface area contributed by atoms with Crippen molar-refractivity contribution in [2.75, 3.05) is 33.4 Å². The Bertz CT molecular complexity index is 344. The van der Waals surface area contributed by atoms with E-state index in [9.17, 15) is 0 Å². The molecule has 2 rings (SSSR count). The van der Waals surface area contributed by atoms with Crippen LogP contribution in [-0.2, 0) is 9.47 Å². The van der Waals surface area contributed by atoms with E-state index in [0.29, 0.717) is 18.1 Å². The number of hydrogen-bond acceptors (Lipinski definition) is 3. The van der Waals surface area contributed by atoms with Gasteiger partial charge in [0.1, 0.15) is 0 Å². The minimum Gasteiger partial charge on any atom is -0.385 e. The molecule has 116 valence electrons. The van der Waals surface area contributed by atoms with Crippen LogP contribution in [0, 0.1) is 11.3 Å². The number of nitrogens with one attached hydrogen (secondary N) is 2. The van der Waals surface area contributed by atoms with E-state index < -0.39 is 0 Å². The Balaban J connectivity index is 1.90. The van der Waals surface area contributed by atoms with Crippen molar-refractivity contribution in [2.24, 2.45) is 16.3 Å². The molecule has 1 saturated carbocycles. The van der Waals surface area contributed by atoms with E-state index in [1.807, 2.05) is 0 Å². The lowest BCUT2D eigenvalue weighted by Gasteiger charge is -2.54. The number of fused-ring (bicyclic) bond motifs is 1. The molecule has 2 aliphatic rings. The number of methoxy groups -OCH3 is 1.